The Hall–Kier alpha value is -0.780. The van der Waals surface area contributed by atoms with Crippen molar-refractivity contribution in [2.75, 3.05) is 6.54 Å². The van der Waals surface area contributed by atoms with Crippen LogP contribution in [0.2, 0.25) is 5.02 Å². The first kappa shape index (κ1) is 17.3. The van der Waals surface area contributed by atoms with Gasteiger partial charge in [0.05, 0.1) is 12.6 Å². The van der Waals surface area contributed by atoms with Crippen LogP contribution in [0.4, 0.5) is 13.2 Å². The average Bonchev–Trinajstić information content (AvgIpc) is 2.28. The van der Waals surface area contributed by atoms with Gasteiger partial charge < -0.3 is 5.73 Å². The molecule has 6 heteroatoms. The summed E-state index contributed by atoms with van der Waals surface area (Å²) in [5.74, 6) is 0. The standard InChI is InChI=1S/C14H20ClF3N2/c1-9(2)20(8-14(16,17)18)13(10(3)19)11-4-6-12(15)7-5-11/h4-7,9-10,13H,8,19H2,1-3H3. The fraction of sp³-hybridized carbons (Fsp3) is 0.571. The third-order valence-corrected chi connectivity index (χ3v) is 3.34. The Morgan fingerprint density at radius 3 is 2.00 bits per heavy atom. The number of hydrogen-bond acceptors (Lipinski definition) is 2. The first-order chi connectivity index (χ1) is 9.11. The van der Waals surface area contributed by atoms with Crippen LogP contribution in [-0.4, -0.2) is 29.7 Å². The Labute approximate surface area is 122 Å². The van der Waals surface area contributed by atoms with Gasteiger partial charge in [0.2, 0.25) is 0 Å². The highest BCUT2D eigenvalue weighted by Gasteiger charge is 2.36. The lowest BCUT2D eigenvalue weighted by Gasteiger charge is -2.38. The highest BCUT2D eigenvalue weighted by molar-refractivity contribution is 6.30. The van der Waals surface area contributed by atoms with E-state index in [1.165, 1.54) is 4.90 Å². The topological polar surface area (TPSA) is 29.3 Å². The molecule has 2 nitrogen and oxygen atoms in total. The molecule has 0 amide bonds. The maximum absolute atomic E-state index is 12.8. The second kappa shape index (κ2) is 6.78. The van der Waals surface area contributed by atoms with Crippen molar-refractivity contribution in [3.05, 3.63) is 34.9 Å². The summed E-state index contributed by atoms with van der Waals surface area (Å²) in [5, 5.41) is 0.545. The number of hydrogen-bond donors (Lipinski definition) is 1. The Kier molecular flexibility index (Phi) is 5.86. The molecule has 2 N–H and O–H groups in total. The zero-order valence-corrected chi connectivity index (χ0v) is 12.5. The van der Waals surface area contributed by atoms with Gasteiger partial charge in [-0.15, -0.1) is 0 Å². The van der Waals surface area contributed by atoms with Gasteiger partial charge in [-0.05, 0) is 38.5 Å². The van der Waals surface area contributed by atoms with Crippen molar-refractivity contribution in [3.63, 3.8) is 0 Å². The third kappa shape index (κ3) is 4.96. The average molecular weight is 309 g/mol. The zero-order chi connectivity index (χ0) is 15.5. The maximum Gasteiger partial charge on any atom is 0.401 e. The van der Waals surface area contributed by atoms with Gasteiger partial charge in [-0.1, -0.05) is 23.7 Å². The van der Waals surface area contributed by atoms with E-state index in [4.69, 9.17) is 17.3 Å². The first-order valence-electron chi connectivity index (χ1n) is 6.45. The van der Waals surface area contributed by atoms with Crippen LogP contribution < -0.4 is 5.73 Å². The number of nitrogens with zero attached hydrogens (tertiary/aromatic N) is 1. The summed E-state index contributed by atoms with van der Waals surface area (Å²) >= 11 is 5.82. The third-order valence-electron chi connectivity index (χ3n) is 3.09. The van der Waals surface area contributed by atoms with Crippen LogP contribution >= 0.6 is 11.6 Å². The van der Waals surface area contributed by atoms with Crippen LogP contribution in [0.3, 0.4) is 0 Å². The maximum atomic E-state index is 12.8. The first-order valence-corrected chi connectivity index (χ1v) is 6.83. The predicted octanol–water partition coefficient (Wildman–Crippen LogP) is 4.00. The van der Waals surface area contributed by atoms with Crippen LogP contribution in [0, 0.1) is 0 Å². The van der Waals surface area contributed by atoms with E-state index >= 15 is 0 Å². The molecule has 0 aliphatic heterocycles. The lowest BCUT2D eigenvalue weighted by Crippen LogP contribution is -2.47. The highest BCUT2D eigenvalue weighted by atomic mass is 35.5. The second-order valence-corrected chi connectivity index (χ2v) is 5.67. The van der Waals surface area contributed by atoms with Crippen molar-refractivity contribution in [2.24, 2.45) is 5.73 Å². The van der Waals surface area contributed by atoms with E-state index in [-0.39, 0.29) is 6.04 Å². The molecule has 0 aliphatic rings. The SMILES string of the molecule is CC(N)C(c1ccc(Cl)cc1)N(CC(F)(F)F)C(C)C. The second-order valence-electron chi connectivity index (χ2n) is 5.24. The summed E-state index contributed by atoms with van der Waals surface area (Å²) < 4.78 is 38.3. The number of nitrogens with two attached hydrogens (primary N) is 1. The summed E-state index contributed by atoms with van der Waals surface area (Å²) in [7, 11) is 0. The minimum absolute atomic E-state index is 0.275. The molecule has 114 valence electrons. The summed E-state index contributed by atoms with van der Waals surface area (Å²) in [6.45, 7) is 4.19. The number of alkyl halides is 3. The normalized spacial score (nSPS) is 15.7. The molecule has 0 spiro atoms. The van der Waals surface area contributed by atoms with E-state index < -0.39 is 24.8 Å². The minimum Gasteiger partial charge on any atom is -0.326 e. The molecule has 0 saturated heterocycles. The molecule has 0 radical (unpaired) electrons. The van der Waals surface area contributed by atoms with Gasteiger partial charge in [0.1, 0.15) is 0 Å². The molecule has 0 fully saturated rings. The van der Waals surface area contributed by atoms with E-state index in [1.54, 1.807) is 45.0 Å². The van der Waals surface area contributed by atoms with Gasteiger partial charge >= 0.3 is 6.18 Å². The quantitative estimate of drug-likeness (QED) is 0.891. The van der Waals surface area contributed by atoms with Gasteiger partial charge in [0.25, 0.3) is 0 Å². The van der Waals surface area contributed by atoms with E-state index in [9.17, 15) is 13.2 Å². The van der Waals surface area contributed by atoms with E-state index in [0.717, 1.165) is 5.56 Å². The molecule has 1 rings (SSSR count). The molecule has 0 heterocycles. The number of benzene rings is 1. The highest BCUT2D eigenvalue weighted by Crippen LogP contribution is 2.30. The Bertz CT molecular complexity index is 415. The molecule has 0 bridgehead atoms. The zero-order valence-electron chi connectivity index (χ0n) is 11.8. The molecular formula is C14H20ClF3N2. The van der Waals surface area contributed by atoms with Gasteiger partial charge in [-0.2, -0.15) is 13.2 Å². The molecule has 0 aliphatic carbocycles. The summed E-state index contributed by atoms with van der Waals surface area (Å²) in [4.78, 5) is 1.37. The Morgan fingerprint density at radius 1 is 1.15 bits per heavy atom. The van der Waals surface area contributed by atoms with Gasteiger partial charge in [0.15, 0.2) is 0 Å². The molecule has 2 unspecified atom stereocenters. The van der Waals surface area contributed by atoms with E-state index in [0.29, 0.717) is 5.02 Å². The van der Waals surface area contributed by atoms with Gasteiger partial charge in [-0.25, -0.2) is 0 Å². The van der Waals surface area contributed by atoms with Crippen molar-refractivity contribution in [1.29, 1.82) is 0 Å². The molecule has 0 saturated carbocycles. The molecule has 0 aromatic heterocycles. The number of halogens is 4. The van der Waals surface area contributed by atoms with Crippen molar-refractivity contribution >= 4 is 11.6 Å². The van der Waals surface area contributed by atoms with Crippen molar-refractivity contribution in [3.8, 4) is 0 Å². The molecule has 2 atom stereocenters. The van der Waals surface area contributed by atoms with Crippen LogP contribution in [0.25, 0.3) is 0 Å². The Balaban J connectivity index is 3.11. The fourth-order valence-electron chi connectivity index (χ4n) is 2.27. The lowest BCUT2D eigenvalue weighted by molar-refractivity contribution is -0.156. The Morgan fingerprint density at radius 2 is 1.65 bits per heavy atom. The summed E-state index contributed by atoms with van der Waals surface area (Å²) in [6.07, 6.45) is -4.26. The van der Waals surface area contributed by atoms with Crippen LogP contribution in [0.1, 0.15) is 32.4 Å². The van der Waals surface area contributed by atoms with Crippen molar-refractivity contribution < 1.29 is 13.2 Å². The monoisotopic (exact) mass is 308 g/mol. The van der Waals surface area contributed by atoms with Crippen molar-refractivity contribution in [2.45, 2.75) is 45.1 Å². The largest absolute Gasteiger partial charge is 0.401 e. The van der Waals surface area contributed by atoms with Crippen LogP contribution in [0.5, 0.6) is 0 Å². The smallest absolute Gasteiger partial charge is 0.326 e. The molecule has 20 heavy (non-hydrogen) atoms. The molecular weight excluding hydrogens is 289 g/mol. The van der Waals surface area contributed by atoms with Gasteiger partial charge in [0, 0.05) is 17.1 Å². The molecule has 1 aromatic rings. The van der Waals surface area contributed by atoms with Gasteiger partial charge in [-0.3, -0.25) is 4.90 Å². The van der Waals surface area contributed by atoms with Crippen molar-refractivity contribution in [1.82, 2.24) is 4.90 Å². The fourth-order valence-corrected chi connectivity index (χ4v) is 2.39. The van der Waals surface area contributed by atoms with E-state index in [2.05, 4.69) is 0 Å². The summed E-state index contributed by atoms with van der Waals surface area (Å²) in [5.41, 5.74) is 6.66. The minimum atomic E-state index is -4.26. The predicted molar refractivity (Wildman–Crippen MR) is 75.7 cm³/mol. The van der Waals surface area contributed by atoms with E-state index in [1.807, 2.05) is 0 Å². The number of rotatable bonds is 5. The molecule has 1 aromatic carbocycles. The van der Waals surface area contributed by atoms with Crippen LogP contribution in [0.15, 0.2) is 24.3 Å². The lowest BCUT2D eigenvalue weighted by atomic mass is 9.98. The summed E-state index contributed by atoms with van der Waals surface area (Å²) in [6, 6.07) is 5.57. The van der Waals surface area contributed by atoms with Crippen LogP contribution in [-0.2, 0) is 0 Å².